The first-order valence-electron chi connectivity index (χ1n) is 19.6. The van der Waals surface area contributed by atoms with E-state index in [1.807, 2.05) is 18.2 Å². The number of hydrogen-bond donors (Lipinski definition) is 0. The van der Waals surface area contributed by atoms with E-state index in [0.717, 1.165) is 50.0 Å². The fourth-order valence-corrected chi connectivity index (χ4v) is 9.17. The lowest BCUT2D eigenvalue weighted by atomic mass is 10.0. The SMILES string of the molecule is c1ccc(-c2ccc3c(c2)c2cc(-c4ccccc4)ccc2n3-c2cccc(-c3cccc(-c4cc(-c5cc6ccccc6s5)nc(-c5ccccc5)n4)c3)c2)cc1. The van der Waals surface area contributed by atoms with E-state index in [9.17, 15) is 0 Å². The van der Waals surface area contributed by atoms with Crippen LogP contribution in [0.2, 0.25) is 0 Å². The first-order chi connectivity index (χ1) is 28.7. The highest BCUT2D eigenvalue weighted by atomic mass is 32.1. The maximum atomic E-state index is 5.16. The van der Waals surface area contributed by atoms with Crippen LogP contribution in [0.1, 0.15) is 0 Å². The van der Waals surface area contributed by atoms with Gasteiger partial charge < -0.3 is 4.57 Å². The van der Waals surface area contributed by atoms with E-state index in [1.54, 1.807) is 11.3 Å². The Labute approximate surface area is 340 Å². The van der Waals surface area contributed by atoms with E-state index in [-0.39, 0.29) is 0 Å². The first-order valence-corrected chi connectivity index (χ1v) is 20.4. The van der Waals surface area contributed by atoms with Crippen LogP contribution in [0.25, 0.3) is 104 Å². The topological polar surface area (TPSA) is 30.7 Å². The van der Waals surface area contributed by atoms with Gasteiger partial charge in [-0.05, 0) is 99.4 Å². The van der Waals surface area contributed by atoms with Crippen LogP contribution >= 0.6 is 11.3 Å². The summed E-state index contributed by atoms with van der Waals surface area (Å²) in [7, 11) is 0. The van der Waals surface area contributed by atoms with Gasteiger partial charge in [-0.3, -0.25) is 0 Å². The Morgan fingerprint density at radius 3 is 1.52 bits per heavy atom. The average Bonchev–Trinajstić information content (AvgIpc) is 3.89. The standard InChI is InChI=1S/C54H35N3S/c1-4-14-36(15-5-1)41-26-28-50-46(32-41)47-33-42(37-16-6-2-7-17-37)27-29-51(47)57(50)45-24-13-22-40(31-45)39-21-12-23-43(30-39)48-35-49(53-34-44-20-10-11-25-52(44)58-53)56-54(55-48)38-18-8-3-9-19-38/h1-35H. The van der Waals surface area contributed by atoms with E-state index in [4.69, 9.17) is 9.97 Å². The normalized spacial score (nSPS) is 11.4. The zero-order valence-electron chi connectivity index (χ0n) is 31.5. The zero-order chi connectivity index (χ0) is 38.4. The lowest BCUT2D eigenvalue weighted by Gasteiger charge is -2.12. The highest BCUT2D eigenvalue weighted by Gasteiger charge is 2.17. The van der Waals surface area contributed by atoms with Crippen molar-refractivity contribution in [3.63, 3.8) is 0 Å². The van der Waals surface area contributed by atoms with Gasteiger partial charge in [-0.15, -0.1) is 11.3 Å². The molecule has 0 fully saturated rings. The highest BCUT2D eigenvalue weighted by molar-refractivity contribution is 7.22. The molecule has 0 spiro atoms. The largest absolute Gasteiger partial charge is 0.309 e. The van der Waals surface area contributed by atoms with Crippen LogP contribution in [0.3, 0.4) is 0 Å². The molecule has 11 rings (SSSR count). The summed E-state index contributed by atoms with van der Waals surface area (Å²) in [6.07, 6.45) is 0. The number of benzene rings is 8. The highest BCUT2D eigenvalue weighted by Crippen LogP contribution is 2.39. The molecule has 0 amide bonds. The minimum atomic E-state index is 0.718. The fourth-order valence-electron chi connectivity index (χ4n) is 8.15. The van der Waals surface area contributed by atoms with Gasteiger partial charge in [-0.25, -0.2) is 9.97 Å². The van der Waals surface area contributed by atoms with Gasteiger partial charge in [0.15, 0.2) is 5.82 Å². The van der Waals surface area contributed by atoms with E-state index in [0.29, 0.717) is 0 Å². The predicted octanol–water partition coefficient (Wildman–Crippen LogP) is 14.8. The molecule has 0 bridgehead atoms. The lowest BCUT2D eigenvalue weighted by Crippen LogP contribution is -1.96. The minimum Gasteiger partial charge on any atom is -0.309 e. The molecule has 0 atom stereocenters. The molecule has 3 heterocycles. The summed E-state index contributed by atoms with van der Waals surface area (Å²) < 4.78 is 3.66. The van der Waals surface area contributed by atoms with Gasteiger partial charge in [-0.2, -0.15) is 0 Å². The second-order valence-corrected chi connectivity index (χ2v) is 15.7. The van der Waals surface area contributed by atoms with Crippen LogP contribution in [0, 0.1) is 0 Å². The van der Waals surface area contributed by atoms with Crippen LogP contribution in [-0.2, 0) is 0 Å². The Balaban J connectivity index is 1.03. The second-order valence-electron chi connectivity index (χ2n) is 14.6. The van der Waals surface area contributed by atoms with Crippen LogP contribution in [0.15, 0.2) is 212 Å². The van der Waals surface area contributed by atoms with Gasteiger partial charge >= 0.3 is 0 Å². The molecule has 0 aliphatic heterocycles. The van der Waals surface area contributed by atoms with Gasteiger partial charge in [0.2, 0.25) is 0 Å². The number of rotatable bonds is 7. The summed E-state index contributed by atoms with van der Waals surface area (Å²) >= 11 is 1.77. The number of hydrogen-bond acceptors (Lipinski definition) is 3. The molecule has 272 valence electrons. The number of aromatic nitrogens is 3. The van der Waals surface area contributed by atoms with Crippen molar-refractivity contribution in [1.29, 1.82) is 0 Å². The molecule has 4 heteroatoms. The maximum absolute atomic E-state index is 5.16. The summed E-state index contributed by atoms with van der Waals surface area (Å²) in [5.74, 6) is 0.718. The number of fused-ring (bicyclic) bond motifs is 4. The van der Waals surface area contributed by atoms with Crippen molar-refractivity contribution in [2.45, 2.75) is 0 Å². The Morgan fingerprint density at radius 2 is 0.862 bits per heavy atom. The van der Waals surface area contributed by atoms with Crippen LogP contribution < -0.4 is 0 Å². The molecule has 8 aromatic carbocycles. The number of thiophene rings is 1. The third-order valence-electron chi connectivity index (χ3n) is 11.0. The maximum Gasteiger partial charge on any atom is 0.160 e. The Hall–Kier alpha value is -7.40. The molecule has 11 aromatic rings. The van der Waals surface area contributed by atoms with Crippen molar-refractivity contribution < 1.29 is 0 Å². The monoisotopic (exact) mass is 757 g/mol. The van der Waals surface area contributed by atoms with E-state index < -0.39 is 0 Å². The van der Waals surface area contributed by atoms with Crippen molar-refractivity contribution in [2.75, 3.05) is 0 Å². The second kappa shape index (κ2) is 14.3. The zero-order valence-corrected chi connectivity index (χ0v) is 32.3. The third-order valence-corrected chi connectivity index (χ3v) is 12.2. The first kappa shape index (κ1) is 33.9. The summed E-state index contributed by atoms with van der Waals surface area (Å²) in [4.78, 5) is 11.4. The summed E-state index contributed by atoms with van der Waals surface area (Å²) in [5, 5.41) is 3.69. The van der Waals surface area contributed by atoms with E-state index in [1.165, 1.54) is 54.1 Å². The molecule has 0 saturated heterocycles. The van der Waals surface area contributed by atoms with Gasteiger partial charge in [-0.1, -0.05) is 152 Å². The van der Waals surface area contributed by atoms with Gasteiger partial charge in [0.25, 0.3) is 0 Å². The molecule has 0 aliphatic rings. The quantitative estimate of drug-likeness (QED) is 0.162. The molecular formula is C54H35N3S. The minimum absolute atomic E-state index is 0.718. The molecule has 0 N–H and O–H groups in total. The molecule has 0 saturated carbocycles. The molecule has 3 aromatic heterocycles. The summed E-state index contributed by atoms with van der Waals surface area (Å²) in [5.41, 5.74) is 14.4. The Morgan fingerprint density at radius 1 is 0.345 bits per heavy atom. The molecule has 58 heavy (non-hydrogen) atoms. The smallest absolute Gasteiger partial charge is 0.160 e. The predicted molar refractivity (Wildman–Crippen MR) is 244 cm³/mol. The molecule has 0 aliphatic carbocycles. The van der Waals surface area contributed by atoms with Crippen molar-refractivity contribution >= 4 is 43.2 Å². The molecule has 0 unspecified atom stereocenters. The Bertz CT molecular complexity index is 3140. The molecular weight excluding hydrogens is 723 g/mol. The van der Waals surface area contributed by atoms with Gasteiger partial charge in [0.05, 0.1) is 27.3 Å². The lowest BCUT2D eigenvalue weighted by molar-refractivity contribution is 1.18. The van der Waals surface area contributed by atoms with E-state index in [2.05, 4.69) is 199 Å². The number of nitrogens with zero attached hydrogens (tertiary/aromatic N) is 3. The third kappa shape index (κ3) is 6.17. The fraction of sp³-hybridized carbons (Fsp3) is 0. The average molecular weight is 758 g/mol. The Kier molecular flexibility index (Phi) is 8.34. The summed E-state index contributed by atoms with van der Waals surface area (Å²) in [6, 6.07) is 75.9. The van der Waals surface area contributed by atoms with Crippen molar-refractivity contribution in [1.82, 2.24) is 14.5 Å². The van der Waals surface area contributed by atoms with Gasteiger partial charge in [0.1, 0.15) is 0 Å². The van der Waals surface area contributed by atoms with E-state index >= 15 is 0 Å². The molecule has 0 radical (unpaired) electrons. The molecule has 3 nitrogen and oxygen atoms in total. The van der Waals surface area contributed by atoms with Crippen molar-refractivity contribution in [3.05, 3.63) is 212 Å². The van der Waals surface area contributed by atoms with Crippen molar-refractivity contribution in [2.24, 2.45) is 0 Å². The van der Waals surface area contributed by atoms with Crippen molar-refractivity contribution in [3.8, 4) is 72.3 Å². The van der Waals surface area contributed by atoms with Gasteiger partial charge in [0, 0.05) is 32.3 Å². The van der Waals surface area contributed by atoms with Crippen LogP contribution in [0.4, 0.5) is 0 Å². The van der Waals surface area contributed by atoms with Crippen LogP contribution in [0.5, 0.6) is 0 Å². The van der Waals surface area contributed by atoms with Crippen LogP contribution in [-0.4, -0.2) is 14.5 Å². The summed E-state index contributed by atoms with van der Waals surface area (Å²) in [6.45, 7) is 0.